The summed E-state index contributed by atoms with van der Waals surface area (Å²) in [6.45, 7) is 2.61. The third kappa shape index (κ3) is 8.78. The Morgan fingerprint density at radius 2 is 1.65 bits per heavy atom. The number of carbonyl (C=O) groups excluding carboxylic acids is 2. The molecule has 12 heteroatoms. The average molecular weight is 649 g/mol. The third-order valence-corrected chi connectivity index (χ3v) is 8.81. The van der Waals surface area contributed by atoms with Crippen molar-refractivity contribution < 1.29 is 27.5 Å². The average Bonchev–Trinajstić information content (AvgIpc) is 2.99. The minimum absolute atomic E-state index is 0.00678. The first-order chi connectivity index (χ1) is 20.6. The van der Waals surface area contributed by atoms with Crippen molar-refractivity contribution in [2.45, 2.75) is 38.8 Å². The van der Waals surface area contributed by atoms with Crippen LogP contribution in [0.15, 0.2) is 66.7 Å². The lowest BCUT2D eigenvalue weighted by atomic mass is 10.0. The number of rotatable bonds is 13. The molecule has 3 aromatic rings. The van der Waals surface area contributed by atoms with Crippen molar-refractivity contribution >= 4 is 50.7 Å². The van der Waals surface area contributed by atoms with Gasteiger partial charge in [0, 0.05) is 25.6 Å². The molecule has 0 unspecified atom stereocenters. The van der Waals surface area contributed by atoms with E-state index in [0.29, 0.717) is 46.9 Å². The Hall–Kier alpha value is -3.47. The van der Waals surface area contributed by atoms with Crippen LogP contribution in [0.4, 0.5) is 5.69 Å². The molecule has 3 aromatic carbocycles. The number of sulfonamides is 1. The monoisotopic (exact) mass is 647 g/mol. The molecule has 1 aliphatic rings. The van der Waals surface area contributed by atoms with E-state index in [9.17, 15) is 18.0 Å². The van der Waals surface area contributed by atoms with Crippen LogP contribution in [0.25, 0.3) is 0 Å². The van der Waals surface area contributed by atoms with Crippen molar-refractivity contribution in [1.29, 1.82) is 0 Å². The molecule has 0 saturated heterocycles. The number of ether oxygens (including phenoxy) is 2. The lowest BCUT2D eigenvalue weighted by Gasteiger charge is -2.33. The van der Waals surface area contributed by atoms with Crippen LogP contribution in [-0.4, -0.2) is 63.7 Å². The Morgan fingerprint density at radius 3 is 2.33 bits per heavy atom. The van der Waals surface area contributed by atoms with E-state index < -0.39 is 28.5 Å². The predicted molar refractivity (Wildman–Crippen MR) is 168 cm³/mol. The zero-order valence-corrected chi connectivity index (χ0v) is 26.4. The second-order valence-corrected chi connectivity index (χ2v) is 12.9. The lowest BCUT2D eigenvalue weighted by molar-refractivity contribution is -0.140. The van der Waals surface area contributed by atoms with Gasteiger partial charge in [-0.25, -0.2) is 8.42 Å². The van der Waals surface area contributed by atoms with Gasteiger partial charge in [-0.05, 0) is 41.8 Å². The maximum atomic E-state index is 14.2. The molecular formula is C31H35Cl2N3O6S. The summed E-state index contributed by atoms with van der Waals surface area (Å²) in [5.41, 5.74) is 1.71. The van der Waals surface area contributed by atoms with Crippen LogP contribution < -0.4 is 19.1 Å². The first-order valence-electron chi connectivity index (χ1n) is 14.0. The Kier molecular flexibility index (Phi) is 11.2. The summed E-state index contributed by atoms with van der Waals surface area (Å²) in [5.74, 6) is -0.0358. The van der Waals surface area contributed by atoms with Gasteiger partial charge in [0.05, 0.1) is 22.0 Å². The van der Waals surface area contributed by atoms with Gasteiger partial charge in [0.15, 0.2) is 11.5 Å². The first kappa shape index (κ1) is 32.4. The summed E-state index contributed by atoms with van der Waals surface area (Å²) < 4.78 is 38.3. The highest BCUT2D eigenvalue weighted by molar-refractivity contribution is 7.92. The van der Waals surface area contributed by atoms with Gasteiger partial charge in [0.2, 0.25) is 21.8 Å². The Labute approximate surface area is 262 Å². The smallest absolute Gasteiger partial charge is 0.244 e. The molecule has 43 heavy (non-hydrogen) atoms. The molecule has 1 N–H and O–H groups in total. The number of halogens is 2. The zero-order valence-electron chi connectivity index (χ0n) is 24.1. The van der Waals surface area contributed by atoms with Gasteiger partial charge in [-0.2, -0.15) is 0 Å². The van der Waals surface area contributed by atoms with E-state index in [2.05, 4.69) is 5.32 Å². The first-order valence-corrected chi connectivity index (χ1v) is 16.6. The van der Waals surface area contributed by atoms with Crippen molar-refractivity contribution in [2.75, 3.05) is 36.9 Å². The van der Waals surface area contributed by atoms with Gasteiger partial charge in [-0.3, -0.25) is 13.9 Å². The van der Waals surface area contributed by atoms with Gasteiger partial charge in [-0.1, -0.05) is 72.9 Å². The topological polar surface area (TPSA) is 105 Å². The SMILES string of the molecule is CCCCNC(=O)[C@@H](Cc1ccccc1)N(Cc1ccc(Cl)c(Cl)c1)C(=O)CN(c1ccc2c(c1)OCCO2)S(C)(=O)=O. The van der Waals surface area contributed by atoms with Crippen LogP contribution in [0.5, 0.6) is 11.5 Å². The molecule has 0 radical (unpaired) electrons. The van der Waals surface area contributed by atoms with Gasteiger partial charge in [-0.15, -0.1) is 0 Å². The predicted octanol–water partition coefficient (Wildman–Crippen LogP) is 5.09. The molecule has 0 bridgehead atoms. The number of nitrogens with one attached hydrogen (secondary N) is 1. The van der Waals surface area contributed by atoms with Crippen LogP contribution >= 0.6 is 23.2 Å². The molecule has 1 atom stereocenters. The van der Waals surface area contributed by atoms with E-state index in [1.165, 1.54) is 11.0 Å². The second-order valence-electron chi connectivity index (χ2n) is 10.2. The molecule has 0 saturated carbocycles. The van der Waals surface area contributed by atoms with Gasteiger partial charge >= 0.3 is 0 Å². The van der Waals surface area contributed by atoms with Crippen LogP contribution in [0.1, 0.15) is 30.9 Å². The second kappa shape index (κ2) is 14.8. The number of benzene rings is 3. The van der Waals surface area contributed by atoms with Crippen molar-refractivity contribution in [3.8, 4) is 11.5 Å². The quantitative estimate of drug-likeness (QED) is 0.259. The highest BCUT2D eigenvalue weighted by atomic mass is 35.5. The van der Waals surface area contributed by atoms with E-state index in [4.69, 9.17) is 32.7 Å². The molecule has 1 aliphatic heterocycles. The minimum atomic E-state index is -3.93. The standard InChI is InChI=1S/C31H35Cl2N3O6S/c1-3-4-14-34-31(38)27(18-22-8-6-5-7-9-22)35(20-23-10-12-25(32)26(33)17-23)30(37)21-36(43(2,39)40)24-11-13-28-29(19-24)42-16-15-41-28/h5-13,17,19,27H,3-4,14-16,18,20-21H2,1-2H3,(H,34,38)/t27-/m1/s1. The summed E-state index contributed by atoms with van der Waals surface area (Å²) in [4.78, 5) is 29.3. The number of carbonyl (C=O) groups is 2. The summed E-state index contributed by atoms with van der Waals surface area (Å²) in [6.07, 6.45) is 2.90. The number of unbranched alkanes of at least 4 members (excludes halogenated alkanes) is 1. The molecule has 4 rings (SSSR count). The molecule has 0 fully saturated rings. The lowest BCUT2D eigenvalue weighted by Crippen LogP contribution is -2.53. The number of hydrogen-bond acceptors (Lipinski definition) is 6. The number of nitrogens with zero attached hydrogens (tertiary/aromatic N) is 2. The maximum absolute atomic E-state index is 14.2. The summed E-state index contributed by atoms with van der Waals surface area (Å²) in [6, 6.07) is 18.1. The fourth-order valence-corrected chi connectivity index (χ4v) is 5.86. The molecule has 0 aromatic heterocycles. The summed E-state index contributed by atoms with van der Waals surface area (Å²) in [7, 11) is -3.93. The van der Waals surface area contributed by atoms with E-state index in [-0.39, 0.29) is 24.6 Å². The van der Waals surface area contributed by atoms with Crippen molar-refractivity contribution in [3.63, 3.8) is 0 Å². The molecule has 0 spiro atoms. The number of hydrogen-bond donors (Lipinski definition) is 1. The molecule has 230 valence electrons. The van der Waals surface area contributed by atoms with E-state index in [1.807, 2.05) is 37.3 Å². The van der Waals surface area contributed by atoms with Crippen molar-refractivity contribution in [2.24, 2.45) is 0 Å². The van der Waals surface area contributed by atoms with Gasteiger partial charge < -0.3 is 19.7 Å². The van der Waals surface area contributed by atoms with E-state index in [0.717, 1.165) is 29.0 Å². The molecule has 9 nitrogen and oxygen atoms in total. The minimum Gasteiger partial charge on any atom is -0.486 e. The summed E-state index contributed by atoms with van der Waals surface area (Å²) >= 11 is 12.4. The Morgan fingerprint density at radius 1 is 0.930 bits per heavy atom. The largest absolute Gasteiger partial charge is 0.486 e. The molecule has 0 aliphatic carbocycles. The van der Waals surface area contributed by atoms with Gasteiger partial charge in [0.25, 0.3) is 0 Å². The van der Waals surface area contributed by atoms with Crippen LogP contribution in [0, 0.1) is 0 Å². The molecular weight excluding hydrogens is 613 g/mol. The van der Waals surface area contributed by atoms with E-state index >= 15 is 0 Å². The zero-order chi connectivity index (χ0) is 31.0. The van der Waals surface area contributed by atoms with Crippen LogP contribution in [0.3, 0.4) is 0 Å². The highest BCUT2D eigenvalue weighted by Crippen LogP contribution is 2.35. The normalized spacial score (nSPS) is 13.2. The highest BCUT2D eigenvalue weighted by Gasteiger charge is 2.33. The number of amides is 2. The fourth-order valence-electron chi connectivity index (χ4n) is 4.70. The van der Waals surface area contributed by atoms with Gasteiger partial charge in [0.1, 0.15) is 25.8 Å². The maximum Gasteiger partial charge on any atom is 0.244 e. The van der Waals surface area contributed by atoms with Crippen LogP contribution in [-0.2, 0) is 32.6 Å². The fraction of sp³-hybridized carbons (Fsp3) is 0.355. The van der Waals surface area contributed by atoms with E-state index in [1.54, 1.807) is 30.3 Å². The number of anilines is 1. The van der Waals surface area contributed by atoms with Crippen molar-refractivity contribution in [3.05, 3.63) is 87.9 Å². The Bertz CT molecular complexity index is 1540. The third-order valence-electron chi connectivity index (χ3n) is 6.93. The molecule has 1 heterocycles. The summed E-state index contributed by atoms with van der Waals surface area (Å²) in [5, 5.41) is 3.60. The Balaban J connectivity index is 1.73. The van der Waals surface area contributed by atoms with Crippen molar-refractivity contribution in [1.82, 2.24) is 10.2 Å². The molecule has 2 amide bonds. The van der Waals surface area contributed by atoms with Crippen LogP contribution in [0.2, 0.25) is 10.0 Å². The number of fused-ring (bicyclic) bond motifs is 1.